The van der Waals surface area contributed by atoms with E-state index in [1.165, 1.54) is 0 Å². The van der Waals surface area contributed by atoms with Gasteiger partial charge in [0.05, 0.1) is 6.54 Å². The van der Waals surface area contributed by atoms with Crippen LogP contribution in [0.25, 0.3) is 11.1 Å². The molecule has 0 spiro atoms. The molecule has 2 heterocycles. The molecule has 3 rings (SSSR count). The van der Waals surface area contributed by atoms with Gasteiger partial charge in [-0.25, -0.2) is 4.98 Å². The summed E-state index contributed by atoms with van der Waals surface area (Å²) in [5.41, 5.74) is 4.12. The Hall–Kier alpha value is -2.56. The fourth-order valence-electron chi connectivity index (χ4n) is 2.27. The lowest BCUT2D eigenvalue weighted by Crippen LogP contribution is -2.23. The van der Waals surface area contributed by atoms with E-state index in [1.54, 1.807) is 11.6 Å². The number of aryl methyl sites for hydroxylation is 1. The van der Waals surface area contributed by atoms with Crippen molar-refractivity contribution in [3.8, 4) is 0 Å². The van der Waals surface area contributed by atoms with Crippen molar-refractivity contribution in [1.29, 1.82) is 0 Å². The molecule has 21 heavy (non-hydrogen) atoms. The van der Waals surface area contributed by atoms with E-state index in [2.05, 4.69) is 10.3 Å². The molecule has 0 saturated carbocycles. The van der Waals surface area contributed by atoms with E-state index in [-0.39, 0.29) is 5.56 Å². The van der Waals surface area contributed by atoms with Crippen LogP contribution in [0.4, 0.5) is 5.69 Å². The first-order valence-electron chi connectivity index (χ1n) is 6.82. The zero-order valence-corrected chi connectivity index (χ0v) is 12.3. The van der Waals surface area contributed by atoms with Crippen LogP contribution < -0.4 is 10.9 Å². The molecule has 1 N–H and O–H groups in total. The first-order valence-corrected chi connectivity index (χ1v) is 6.82. The van der Waals surface area contributed by atoms with Crippen molar-refractivity contribution in [2.45, 2.75) is 20.4 Å². The molecule has 0 fully saturated rings. The summed E-state index contributed by atoms with van der Waals surface area (Å²) < 4.78 is 7.27. The van der Waals surface area contributed by atoms with E-state index in [1.807, 2.05) is 44.2 Å². The van der Waals surface area contributed by atoms with Crippen molar-refractivity contribution < 1.29 is 4.42 Å². The highest BCUT2D eigenvalue weighted by Crippen LogP contribution is 2.16. The number of nitrogens with zero attached hydrogens (tertiary/aromatic N) is 2. The summed E-state index contributed by atoms with van der Waals surface area (Å²) in [5, 5.41) is 3.11. The van der Waals surface area contributed by atoms with Crippen LogP contribution >= 0.6 is 0 Å². The molecule has 0 atom stereocenters. The Labute approximate surface area is 122 Å². The highest BCUT2D eigenvalue weighted by Gasteiger charge is 2.09. The zero-order chi connectivity index (χ0) is 15.0. The molecule has 0 amide bonds. The minimum absolute atomic E-state index is 0.0470. The fraction of sp³-hybridized carbons (Fsp3) is 0.250. The van der Waals surface area contributed by atoms with Crippen molar-refractivity contribution >= 4 is 16.8 Å². The third kappa shape index (κ3) is 2.42. The summed E-state index contributed by atoms with van der Waals surface area (Å²) in [7, 11) is 1.77. The average molecular weight is 283 g/mol. The summed E-state index contributed by atoms with van der Waals surface area (Å²) in [6, 6.07) is 9.46. The Morgan fingerprint density at radius 2 is 2.05 bits per heavy atom. The number of benzene rings is 1. The molecule has 5 nitrogen and oxygen atoms in total. The molecular weight excluding hydrogens is 266 g/mol. The van der Waals surface area contributed by atoms with E-state index in [0.29, 0.717) is 18.1 Å². The van der Waals surface area contributed by atoms with Crippen molar-refractivity contribution in [3.05, 3.63) is 57.8 Å². The largest absolute Gasteiger partial charge is 0.439 e. The van der Waals surface area contributed by atoms with Crippen LogP contribution in [-0.4, -0.2) is 9.55 Å². The number of pyridine rings is 1. The summed E-state index contributed by atoms with van der Waals surface area (Å²) in [4.78, 5) is 16.6. The first-order chi connectivity index (χ1) is 10.1. The van der Waals surface area contributed by atoms with Gasteiger partial charge in [0.2, 0.25) is 5.89 Å². The van der Waals surface area contributed by atoms with Gasteiger partial charge >= 0.3 is 0 Å². The fourth-order valence-corrected chi connectivity index (χ4v) is 2.27. The normalized spacial score (nSPS) is 11.0. The van der Waals surface area contributed by atoms with Gasteiger partial charge in [-0.3, -0.25) is 4.79 Å². The van der Waals surface area contributed by atoms with Gasteiger partial charge in [-0.15, -0.1) is 0 Å². The molecule has 0 aliphatic rings. The molecule has 108 valence electrons. The summed E-state index contributed by atoms with van der Waals surface area (Å²) in [6.45, 7) is 4.30. The number of nitrogens with one attached hydrogen (secondary N) is 1. The molecule has 5 heteroatoms. The van der Waals surface area contributed by atoms with E-state index < -0.39 is 0 Å². The molecule has 2 aromatic heterocycles. The van der Waals surface area contributed by atoms with Crippen LogP contribution in [0.1, 0.15) is 17.1 Å². The zero-order valence-electron chi connectivity index (χ0n) is 12.3. The van der Waals surface area contributed by atoms with Crippen LogP contribution in [0.3, 0.4) is 0 Å². The van der Waals surface area contributed by atoms with Crippen molar-refractivity contribution in [2.75, 3.05) is 5.32 Å². The van der Waals surface area contributed by atoms with E-state index in [9.17, 15) is 4.79 Å². The van der Waals surface area contributed by atoms with Gasteiger partial charge in [-0.05, 0) is 37.6 Å². The number of hydrogen-bond donors (Lipinski definition) is 1. The second kappa shape index (κ2) is 5.09. The number of rotatable bonds is 3. The lowest BCUT2D eigenvalue weighted by atomic mass is 10.2. The molecule has 0 unspecified atom stereocenters. The highest BCUT2D eigenvalue weighted by atomic mass is 16.3. The van der Waals surface area contributed by atoms with Gasteiger partial charge in [-0.1, -0.05) is 12.1 Å². The molecular formula is C16H17N3O2. The highest BCUT2D eigenvalue weighted by molar-refractivity contribution is 5.72. The molecule has 1 aromatic carbocycles. The molecule has 0 radical (unpaired) electrons. The minimum atomic E-state index is -0.0470. The van der Waals surface area contributed by atoms with Crippen LogP contribution in [0.5, 0.6) is 0 Å². The standard InChI is InChI=1S/C16H17N3O2/c1-10-8-13(16(20)19(3)11(10)2)17-9-15-18-12-6-4-5-7-14(12)21-15/h4-8,17H,9H2,1-3H3. The molecule has 0 saturated heterocycles. The third-order valence-corrected chi connectivity index (χ3v) is 3.74. The van der Waals surface area contributed by atoms with Gasteiger partial charge < -0.3 is 14.3 Å². The number of para-hydroxylation sites is 2. The maximum Gasteiger partial charge on any atom is 0.273 e. The van der Waals surface area contributed by atoms with E-state index >= 15 is 0 Å². The van der Waals surface area contributed by atoms with Crippen LogP contribution in [0, 0.1) is 13.8 Å². The maximum atomic E-state index is 12.2. The second-order valence-electron chi connectivity index (χ2n) is 5.12. The van der Waals surface area contributed by atoms with Gasteiger partial charge in [0.1, 0.15) is 11.2 Å². The van der Waals surface area contributed by atoms with Crippen molar-refractivity contribution in [1.82, 2.24) is 9.55 Å². The average Bonchev–Trinajstić information content (AvgIpc) is 2.90. The summed E-state index contributed by atoms with van der Waals surface area (Å²) in [5.74, 6) is 0.566. The Morgan fingerprint density at radius 1 is 1.29 bits per heavy atom. The summed E-state index contributed by atoms with van der Waals surface area (Å²) >= 11 is 0. The van der Waals surface area contributed by atoms with Gasteiger partial charge in [-0.2, -0.15) is 0 Å². The van der Waals surface area contributed by atoms with E-state index in [0.717, 1.165) is 22.4 Å². The Bertz CT molecular complexity index is 829. The maximum absolute atomic E-state index is 12.2. The van der Waals surface area contributed by atoms with E-state index in [4.69, 9.17) is 4.42 Å². The Morgan fingerprint density at radius 3 is 2.81 bits per heavy atom. The van der Waals surface area contributed by atoms with Crippen LogP contribution in [0.2, 0.25) is 0 Å². The summed E-state index contributed by atoms with van der Waals surface area (Å²) in [6.07, 6.45) is 0. The SMILES string of the molecule is Cc1cc(NCc2nc3ccccc3o2)c(=O)n(C)c1C. The second-order valence-corrected chi connectivity index (χ2v) is 5.12. The molecule has 0 aliphatic carbocycles. The quantitative estimate of drug-likeness (QED) is 0.803. The number of oxazole rings is 1. The number of aromatic nitrogens is 2. The molecule has 0 bridgehead atoms. The first kappa shape index (κ1) is 13.4. The van der Waals surface area contributed by atoms with Crippen molar-refractivity contribution in [3.63, 3.8) is 0 Å². The Kier molecular flexibility index (Phi) is 3.25. The predicted octanol–water partition coefficient (Wildman–Crippen LogP) is 2.76. The van der Waals surface area contributed by atoms with Gasteiger partial charge in [0.15, 0.2) is 5.58 Å². The lowest BCUT2D eigenvalue weighted by Gasteiger charge is -2.11. The lowest BCUT2D eigenvalue weighted by molar-refractivity contribution is 0.540. The number of hydrogen-bond acceptors (Lipinski definition) is 4. The molecule has 0 aliphatic heterocycles. The number of fused-ring (bicyclic) bond motifs is 1. The Balaban J connectivity index is 1.86. The monoisotopic (exact) mass is 283 g/mol. The predicted molar refractivity (Wildman–Crippen MR) is 82.5 cm³/mol. The molecule has 3 aromatic rings. The topological polar surface area (TPSA) is 60.1 Å². The van der Waals surface area contributed by atoms with Crippen molar-refractivity contribution in [2.24, 2.45) is 7.05 Å². The van der Waals surface area contributed by atoms with Crippen LogP contribution in [0.15, 0.2) is 39.5 Å². The third-order valence-electron chi connectivity index (χ3n) is 3.74. The minimum Gasteiger partial charge on any atom is -0.439 e. The van der Waals surface area contributed by atoms with Gasteiger partial charge in [0.25, 0.3) is 5.56 Å². The smallest absolute Gasteiger partial charge is 0.273 e. The van der Waals surface area contributed by atoms with Gasteiger partial charge in [0, 0.05) is 12.7 Å². The van der Waals surface area contributed by atoms with Crippen LogP contribution in [-0.2, 0) is 13.6 Å². The number of anilines is 1.